The van der Waals surface area contributed by atoms with Crippen LogP contribution in [-0.2, 0) is 0 Å². The van der Waals surface area contributed by atoms with Gasteiger partial charge in [0.15, 0.2) is 0 Å². The van der Waals surface area contributed by atoms with Crippen molar-refractivity contribution >= 4 is 8.07 Å². The van der Waals surface area contributed by atoms with E-state index in [2.05, 4.69) is 18.3 Å². The van der Waals surface area contributed by atoms with Gasteiger partial charge >= 0.3 is 0 Å². The van der Waals surface area contributed by atoms with Gasteiger partial charge < -0.3 is 5.11 Å². The SMILES string of the molecule is C[Si]1(CCCO)C=CCCC1. The van der Waals surface area contributed by atoms with Crippen LogP contribution in [0.4, 0.5) is 0 Å². The first-order valence-electron chi connectivity index (χ1n) is 4.55. The summed E-state index contributed by atoms with van der Waals surface area (Å²) in [5.74, 6) is 0. The fourth-order valence-electron chi connectivity index (χ4n) is 1.77. The number of allylic oxidation sites excluding steroid dienone is 1. The van der Waals surface area contributed by atoms with Crippen LogP contribution in [0, 0.1) is 0 Å². The van der Waals surface area contributed by atoms with Crippen molar-refractivity contribution in [2.45, 2.75) is 37.9 Å². The molecule has 1 N–H and O–H groups in total. The second kappa shape index (κ2) is 4.07. The zero-order chi connectivity index (χ0) is 8.16. The summed E-state index contributed by atoms with van der Waals surface area (Å²) >= 11 is 0. The fraction of sp³-hybridized carbons (Fsp3) is 0.778. The van der Waals surface area contributed by atoms with E-state index in [1.807, 2.05) is 0 Å². The van der Waals surface area contributed by atoms with E-state index in [4.69, 9.17) is 5.11 Å². The number of rotatable bonds is 3. The molecule has 11 heavy (non-hydrogen) atoms. The first-order chi connectivity index (χ1) is 5.27. The maximum absolute atomic E-state index is 8.71. The summed E-state index contributed by atoms with van der Waals surface area (Å²) in [7, 11) is -0.998. The van der Waals surface area contributed by atoms with E-state index in [-0.39, 0.29) is 0 Å². The second-order valence-electron chi connectivity index (χ2n) is 3.78. The maximum Gasteiger partial charge on any atom is 0.0744 e. The Kier molecular flexibility index (Phi) is 3.33. The minimum atomic E-state index is -0.998. The predicted octanol–water partition coefficient (Wildman–Crippen LogP) is 2.34. The van der Waals surface area contributed by atoms with Gasteiger partial charge in [0.25, 0.3) is 0 Å². The van der Waals surface area contributed by atoms with Crippen LogP contribution in [0.3, 0.4) is 0 Å². The van der Waals surface area contributed by atoms with E-state index >= 15 is 0 Å². The summed E-state index contributed by atoms with van der Waals surface area (Å²) in [6, 6.07) is 2.71. The van der Waals surface area contributed by atoms with Crippen molar-refractivity contribution < 1.29 is 5.11 Å². The molecule has 1 aliphatic rings. The highest BCUT2D eigenvalue weighted by Crippen LogP contribution is 2.25. The molecule has 0 radical (unpaired) electrons. The van der Waals surface area contributed by atoms with Gasteiger partial charge in [0, 0.05) is 6.61 Å². The first kappa shape index (κ1) is 9.01. The largest absolute Gasteiger partial charge is 0.396 e. The van der Waals surface area contributed by atoms with Crippen molar-refractivity contribution in [3.05, 3.63) is 11.8 Å². The van der Waals surface area contributed by atoms with Crippen LogP contribution in [0.25, 0.3) is 0 Å². The zero-order valence-corrected chi connectivity index (χ0v) is 8.34. The van der Waals surface area contributed by atoms with Gasteiger partial charge in [-0.05, 0) is 12.8 Å². The number of hydrogen-bond acceptors (Lipinski definition) is 1. The summed E-state index contributed by atoms with van der Waals surface area (Å²) in [5.41, 5.74) is 2.46. The summed E-state index contributed by atoms with van der Waals surface area (Å²) < 4.78 is 0. The molecule has 0 aromatic rings. The third kappa shape index (κ3) is 2.79. The molecule has 0 aromatic heterocycles. The maximum atomic E-state index is 8.71. The van der Waals surface area contributed by atoms with E-state index in [0.717, 1.165) is 6.42 Å². The van der Waals surface area contributed by atoms with Crippen molar-refractivity contribution in [1.82, 2.24) is 0 Å². The van der Waals surface area contributed by atoms with Crippen LogP contribution in [0.2, 0.25) is 18.6 Å². The normalized spacial score (nSPS) is 30.7. The highest BCUT2D eigenvalue weighted by atomic mass is 28.3. The zero-order valence-electron chi connectivity index (χ0n) is 7.34. The molecule has 1 rings (SSSR count). The van der Waals surface area contributed by atoms with Crippen LogP contribution >= 0.6 is 0 Å². The van der Waals surface area contributed by atoms with Gasteiger partial charge in [-0.2, -0.15) is 0 Å². The molecule has 0 aromatic carbocycles. The average Bonchev–Trinajstić information content (AvgIpc) is 2.03. The lowest BCUT2D eigenvalue weighted by Gasteiger charge is -2.26. The molecule has 1 unspecified atom stereocenters. The van der Waals surface area contributed by atoms with Gasteiger partial charge in [-0.25, -0.2) is 0 Å². The van der Waals surface area contributed by atoms with Crippen LogP contribution in [0.5, 0.6) is 0 Å². The Morgan fingerprint density at radius 1 is 1.55 bits per heavy atom. The summed E-state index contributed by atoms with van der Waals surface area (Å²) in [4.78, 5) is 0. The van der Waals surface area contributed by atoms with Crippen LogP contribution < -0.4 is 0 Å². The van der Waals surface area contributed by atoms with Gasteiger partial charge in [0.1, 0.15) is 0 Å². The van der Waals surface area contributed by atoms with E-state index < -0.39 is 8.07 Å². The Morgan fingerprint density at radius 2 is 2.36 bits per heavy atom. The Morgan fingerprint density at radius 3 is 2.91 bits per heavy atom. The third-order valence-corrected chi connectivity index (χ3v) is 6.58. The number of aliphatic hydroxyl groups excluding tert-OH is 1. The molecule has 1 heterocycles. The molecular formula is C9H18OSi. The van der Waals surface area contributed by atoms with Crippen molar-refractivity contribution in [3.63, 3.8) is 0 Å². The quantitative estimate of drug-likeness (QED) is 0.645. The lowest BCUT2D eigenvalue weighted by atomic mass is 10.3. The van der Waals surface area contributed by atoms with Crippen LogP contribution in [0.1, 0.15) is 19.3 Å². The molecule has 64 valence electrons. The van der Waals surface area contributed by atoms with Gasteiger partial charge in [-0.3, -0.25) is 0 Å². The highest BCUT2D eigenvalue weighted by molar-refractivity contribution is 6.83. The van der Waals surface area contributed by atoms with E-state index in [0.29, 0.717) is 6.61 Å². The molecule has 0 saturated heterocycles. The van der Waals surface area contributed by atoms with E-state index in [1.54, 1.807) is 0 Å². The van der Waals surface area contributed by atoms with Crippen molar-refractivity contribution in [1.29, 1.82) is 0 Å². The van der Waals surface area contributed by atoms with Crippen molar-refractivity contribution in [2.24, 2.45) is 0 Å². The van der Waals surface area contributed by atoms with Gasteiger partial charge in [-0.15, -0.1) is 0 Å². The fourth-order valence-corrected chi connectivity index (χ4v) is 5.06. The molecule has 1 nitrogen and oxygen atoms in total. The molecule has 0 amide bonds. The number of hydrogen-bond donors (Lipinski definition) is 1. The Bertz CT molecular complexity index is 144. The molecule has 0 bridgehead atoms. The van der Waals surface area contributed by atoms with E-state index in [1.165, 1.54) is 24.9 Å². The predicted molar refractivity (Wildman–Crippen MR) is 51.3 cm³/mol. The van der Waals surface area contributed by atoms with Crippen molar-refractivity contribution in [3.8, 4) is 0 Å². The standard InChI is InChI=1S/C9H18OSi/c1-11(9-5-6-10)7-3-2-4-8-11/h3,7,10H,2,4-6,8-9H2,1H3. The molecule has 0 fully saturated rings. The van der Waals surface area contributed by atoms with Gasteiger partial charge in [-0.1, -0.05) is 36.8 Å². The monoisotopic (exact) mass is 170 g/mol. The lowest BCUT2D eigenvalue weighted by Crippen LogP contribution is -2.29. The lowest BCUT2D eigenvalue weighted by molar-refractivity contribution is 0.294. The topological polar surface area (TPSA) is 20.2 Å². The molecule has 0 aliphatic carbocycles. The van der Waals surface area contributed by atoms with E-state index in [9.17, 15) is 0 Å². The molecule has 0 saturated carbocycles. The van der Waals surface area contributed by atoms with Crippen LogP contribution in [-0.4, -0.2) is 19.8 Å². The first-order valence-corrected chi connectivity index (χ1v) is 7.55. The van der Waals surface area contributed by atoms with Crippen molar-refractivity contribution in [2.75, 3.05) is 6.61 Å². The molecule has 1 atom stereocenters. The summed E-state index contributed by atoms with van der Waals surface area (Å²) in [5, 5.41) is 8.71. The smallest absolute Gasteiger partial charge is 0.0744 e. The summed E-state index contributed by atoms with van der Waals surface area (Å²) in [6.45, 7) is 2.80. The molecule has 2 heteroatoms. The Hall–Kier alpha value is -0.0831. The third-order valence-electron chi connectivity index (χ3n) is 2.54. The summed E-state index contributed by atoms with van der Waals surface area (Å²) in [6.07, 6.45) is 6.01. The minimum Gasteiger partial charge on any atom is -0.396 e. The minimum absolute atomic E-state index is 0.371. The second-order valence-corrected chi connectivity index (χ2v) is 8.42. The molecule has 0 spiro atoms. The average molecular weight is 170 g/mol. The Balaban J connectivity index is 2.37. The van der Waals surface area contributed by atoms with Gasteiger partial charge in [0.05, 0.1) is 8.07 Å². The highest BCUT2D eigenvalue weighted by Gasteiger charge is 2.24. The van der Waals surface area contributed by atoms with Crippen LogP contribution in [0.15, 0.2) is 11.8 Å². The molecule has 1 aliphatic heterocycles. The molecular weight excluding hydrogens is 152 g/mol. The van der Waals surface area contributed by atoms with Gasteiger partial charge in [0.2, 0.25) is 0 Å². The number of aliphatic hydroxyl groups is 1. The Labute approximate surface area is 70.1 Å².